The maximum Gasteiger partial charge on any atom is 0.356 e. The van der Waals surface area contributed by atoms with Crippen LogP contribution in [-0.4, -0.2) is 36.5 Å². The quantitative estimate of drug-likeness (QED) is 0.814. The van der Waals surface area contributed by atoms with Crippen LogP contribution in [-0.2, 0) is 17.9 Å². The molecule has 112 valence electrons. The van der Waals surface area contributed by atoms with Crippen molar-refractivity contribution in [3.63, 3.8) is 0 Å². The highest BCUT2D eigenvalue weighted by Crippen LogP contribution is 2.11. The summed E-state index contributed by atoms with van der Waals surface area (Å²) >= 11 is 0. The predicted molar refractivity (Wildman–Crippen MR) is 73.6 cm³/mol. The molecule has 0 saturated heterocycles. The normalized spacial score (nSPS) is 12.1. The number of carbonyl (C=O) groups is 2. The van der Waals surface area contributed by atoms with Crippen molar-refractivity contribution in [3.05, 3.63) is 35.9 Å². The van der Waals surface area contributed by atoms with Crippen molar-refractivity contribution in [3.8, 4) is 0 Å². The molecule has 0 aliphatic carbocycles. The molecule has 1 unspecified atom stereocenters. The molecule has 0 radical (unpaired) electrons. The molecule has 0 fully saturated rings. The summed E-state index contributed by atoms with van der Waals surface area (Å²) < 4.78 is 3.10. The Morgan fingerprint density at radius 3 is 2.81 bits per heavy atom. The standard InChI is InChI=1S/C13H17N5O3/c1-3-18-11(4-6-14-18)9(2)15-12(19)8-17-7-5-10(16-17)13(20)21/h4-7,9H,3,8H2,1-2H3,(H,15,19)(H,20,21). The Morgan fingerprint density at radius 2 is 2.19 bits per heavy atom. The van der Waals surface area contributed by atoms with Gasteiger partial charge in [-0.15, -0.1) is 0 Å². The number of carbonyl (C=O) groups excluding carboxylic acids is 1. The predicted octanol–water partition coefficient (Wildman–Crippen LogP) is 0.675. The molecule has 2 rings (SSSR count). The zero-order valence-corrected chi connectivity index (χ0v) is 11.9. The molecule has 21 heavy (non-hydrogen) atoms. The second-order valence-electron chi connectivity index (χ2n) is 4.56. The van der Waals surface area contributed by atoms with E-state index in [-0.39, 0.29) is 24.2 Å². The fourth-order valence-electron chi connectivity index (χ4n) is 2.05. The van der Waals surface area contributed by atoms with E-state index in [1.807, 2.05) is 19.9 Å². The van der Waals surface area contributed by atoms with E-state index in [0.29, 0.717) is 0 Å². The molecule has 8 heteroatoms. The number of carboxylic acids is 1. The zero-order chi connectivity index (χ0) is 15.4. The lowest BCUT2D eigenvalue weighted by Gasteiger charge is -2.15. The summed E-state index contributed by atoms with van der Waals surface area (Å²) in [5.41, 5.74) is 0.831. The van der Waals surface area contributed by atoms with Gasteiger partial charge in [-0.25, -0.2) is 4.79 Å². The molecular formula is C13H17N5O3. The van der Waals surface area contributed by atoms with Gasteiger partial charge in [0, 0.05) is 18.9 Å². The van der Waals surface area contributed by atoms with Gasteiger partial charge in [-0.1, -0.05) is 0 Å². The third-order valence-corrected chi connectivity index (χ3v) is 3.04. The van der Waals surface area contributed by atoms with Gasteiger partial charge in [-0.3, -0.25) is 14.2 Å². The molecule has 0 aliphatic rings. The molecule has 0 spiro atoms. The minimum atomic E-state index is -1.12. The molecule has 1 atom stereocenters. The third-order valence-electron chi connectivity index (χ3n) is 3.04. The number of amides is 1. The summed E-state index contributed by atoms with van der Waals surface area (Å²) in [5, 5.41) is 19.6. The minimum absolute atomic E-state index is 0.0299. The molecule has 8 nitrogen and oxygen atoms in total. The summed E-state index contributed by atoms with van der Waals surface area (Å²) in [5.74, 6) is -1.36. The van der Waals surface area contributed by atoms with Crippen LogP contribution in [0.25, 0.3) is 0 Å². The highest BCUT2D eigenvalue weighted by molar-refractivity contribution is 5.85. The number of hydrogen-bond acceptors (Lipinski definition) is 4. The highest BCUT2D eigenvalue weighted by Gasteiger charge is 2.14. The van der Waals surface area contributed by atoms with Crippen molar-refractivity contribution in [2.45, 2.75) is 33.0 Å². The maximum atomic E-state index is 11.9. The molecule has 0 bridgehead atoms. The number of aryl methyl sites for hydroxylation is 1. The second-order valence-corrected chi connectivity index (χ2v) is 4.56. The first-order valence-electron chi connectivity index (χ1n) is 6.59. The topological polar surface area (TPSA) is 102 Å². The van der Waals surface area contributed by atoms with Crippen molar-refractivity contribution < 1.29 is 14.7 Å². The Balaban J connectivity index is 1.96. The van der Waals surface area contributed by atoms with Crippen LogP contribution < -0.4 is 5.32 Å². The first-order valence-corrected chi connectivity index (χ1v) is 6.59. The number of hydrogen-bond donors (Lipinski definition) is 2. The number of carboxylic acid groups (broad SMARTS) is 1. The number of aromatic carboxylic acids is 1. The molecule has 0 aromatic carbocycles. The van der Waals surface area contributed by atoms with Crippen molar-refractivity contribution in [1.82, 2.24) is 24.9 Å². The Morgan fingerprint density at radius 1 is 1.43 bits per heavy atom. The molecular weight excluding hydrogens is 274 g/mol. The van der Waals surface area contributed by atoms with E-state index in [2.05, 4.69) is 15.5 Å². The molecule has 1 amide bonds. The summed E-state index contributed by atoms with van der Waals surface area (Å²) in [7, 11) is 0. The van der Waals surface area contributed by atoms with Crippen LogP contribution in [0.5, 0.6) is 0 Å². The average Bonchev–Trinajstić information content (AvgIpc) is 3.06. The average molecular weight is 291 g/mol. The maximum absolute atomic E-state index is 11.9. The van der Waals surface area contributed by atoms with Crippen LogP contribution >= 0.6 is 0 Å². The fraction of sp³-hybridized carbons (Fsp3) is 0.385. The number of aromatic nitrogens is 4. The Hall–Kier alpha value is -2.64. The highest BCUT2D eigenvalue weighted by atomic mass is 16.4. The van der Waals surface area contributed by atoms with Gasteiger partial charge in [0.2, 0.25) is 5.91 Å². The lowest BCUT2D eigenvalue weighted by Crippen LogP contribution is -2.31. The van der Waals surface area contributed by atoms with E-state index >= 15 is 0 Å². The van der Waals surface area contributed by atoms with Crippen LogP contribution in [0, 0.1) is 0 Å². The Bertz CT molecular complexity index is 646. The van der Waals surface area contributed by atoms with Crippen LogP contribution in [0.4, 0.5) is 0 Å². The van der Waals surface area contributed by atoms with Crippen molar-refractivity contribution in [1.29, 1.82) is 0 Å². The largest absolute Gasteiger partial charge is 0.476 e. The van der Waals surface area contributed by atoms with E-state index in [1.165, 1.54) is 16.9 Å². The SMILES string of the molecule is CCn1nccc1C(C)NC(=O)Cn1ccc(C(=O)O)n1. The molecule has 0 saturated carbocycles. The van der Waals surface area contributed by atoms with Gasteiger partial charge < -0.3 is 10.4 Å². The fourth-order valence-corrected chi connectivity index (χ4v) is 2.05. The van der Waals surface area contributed by atoms with Crippen molar-refractivity contribution in [2.24, 2.45) is 0 Å². The first-order chi connectivity index (χ1) is 10.0. The molecule has 2 aromatic heterocycles. The minimum Gasteiger partial charge on any atom is -0.476 e. The van der Waals surface area contributed by atoms with Crippen LogP contribution in [0.3, 0.4) is 0 Å². The molecule has 2 aromatic rings. The lowest BCUT2D eigenvalue weighted by atomic mass is 10.2. The van der Waals surface area contributed by atoms with Crippen LogP contribution in [0.15, 0.2) is 24.5 Å². The van der Waals surface area contributed by atoms with Gasteiger partial charge in [0.1, 0.15) is 6.54 Å². The smallest absolute Gasteiger partial charge is 0.356 e. The second kappa shape index (κ2) is 6.21. The van der Waals surface area contributed by atoms with Gasteiger partial charge in [-0.2, -0.15) is 10.2 Å². The summed E-state index contributed by atoms with van der Waals surface area (Å²) in [4.78, 5) is 22.7. The van der Waals surface area contributed by atoms with Crippen molar-refractivity contribution >= 4 is 11.9 Å². The van der Waals surface area contributed by atoms with Gasteiger partial charge in [0.05, 0.1) is 11.7 Å². The number of nitrogens with zero attached hydrogens (tertiary/aromatic N) is 4. The Labute approximate surface area is 121 Å². The van der Waals surface area contributed by atoms with Crippen LogP contribution in [0.2, 0.25) is 0 Å². The van der Waals surface area contributed by atoms with Gasteiger partial charge in [-0.05, 0) is 26.0 Å². The van der Waals surface area contributed by atoms with Gasteiger partial charge in [0.25, 0.3) is 0 Å². The summed E-state index contributed by atoms with van der Waals surface area (Å²) in [6.45, 7) is 4.54. The molecule has 2 heterocycles. The van der Waals surface area contributed by atoms with E-state index < -0.39 is 5.97 Å². The molecule has 2 N–H and O–H groups in total. The Kier molecular flexibility index (Phi) is 4.36. The summed E-state index contributed by atoms with van der Waals surface area (Å²) in [6, 6.07) is 3.02. The first kappa shape index (κ1) is 14.8. The lowest BCUT2D eigenvalue weighted by molar-refractivity contribution is -0.122. The number of nitrogens with one attached hydrogen (secondary N) is 1. The third kappa shape index (κ3) is 3.47. The number of rotatable bonds is 6. The summed E-state index contributed by atoms with van der Waals surface area (Å²) in [6.07, 6.45) is 3.15. The van der Waals surface area contributed by atoms with E-state index in [9.17, 15) is 9.59 Å². The van der Waals surface area contributed by atoms with E-state index in [0.717, 1.165) is 12.2 Å². The van der Waals surface area contributed by atoms with Crippen LogP contribution in [0.1, 0.15) is 36.1 Å². The van der Waals surface area contributed by atoms with Crippen molar-refractivity contribution in [2.75, 3.05) is 0 Å². The van der Waals surface area contributed by atoms with Gasteiger partial charge in [0.15, 0.2) is 5.69 Å². The van der Waals surface area contributed by atoms with E-state index in [4.69, 9.17) is 5.11 Å². The monoisotopic (exact) mass is 291 g/mol. The molecule has 0 aliphatic heterocycles. The van der Waals surface area contributed by atoms with Gasteiger partial charge >= 0.3 is 5.97 Å². The van der Waals surface area contributed by atoms with E-state index in [1.54, 1.807) is 10.9 Å². The zero-order valence-electron chi connectivity index (χ0n) is 11.9.